The number of carbonyl (C=O) groups is 3. The summed E-state index contributed by atoms with van der Waals surface area (Å²) >= 11 is 0. The lowest BCUT2D eigenvalue weighted by Gasteiger charge is -2.22. The highest BCUT2D eigenvalue weighted by Gasteiger charge is 2.26. The Bertz CT molecular complexity index is 361. The van der Waals surface area contributed by atoms with Gasteiger partial charge in [-0.2, -0.15) is 0 Å². The summed E-state index contributed by atoms with van der Waals surface area (Å²) in [4.78, 5) is 34.8. The van der Waals surface area contributed by atoms with Crippen molar-refractivity contribution in [2.45, 2.75) is 59.1 Å². The van der Waals surface area contributed by atoms with Gasteiger partial charge in [-0.05, 0) is 41.0 Å². The van der Waals surface area contributed by atoms with Gasteiger partial charge in [-0.15, -0.1) is 0 Å². The highest BCUT2D eigenvalue weighted by atomic mass is 16.6. The molecule has 0 rings (SSSR count). The van der Waals surface area contributed by atoms with Gasteiger partial charge >= 0.3 is 18.0 Å². The molecule has 0 unspecified atom stereocenters. The van der Waals surface area contributed by atoms with Crippen LogP contribution < -0.4 is 5.32 Å². The molecule has 0 aliphatic carbocycles. The maximum absolute atomic E-state index is 11.8. The van der Waals surface area contributed by atoms with Gasteiger partial charge in [0.15, 0.2) is 0 Å². The molecule has 0 radical (unpaired) electrons. The molecular weight excluding hydrogens is 278 g/mol. The molecule has 7 nitrogen and oxygen atoms in total. The van der Waals surface area contributed by atoms with Gasteiger partial charge in [-0.1, -0.05) is 0 Å². The van der Waals surface area contributed by atoms with Gasteiger partial charge < -0.3 is 19.5 Å². The molecule has 1 N–H and O–H groups in total. The summed E-state index contributed by atoms with van der Waals surface area (Å²) in [6.45, 7) is 8.94. The van der Waals surface area contributed by atoms with Crippen molar-refractivity contribution < 1.29 is 28.6 Å². The minimum absolute atomic E-state index is 0.00706. The molecule has 122 valence electrons. The summed E-state index contributed by atoms with van der Waals surface area (Å²) in [5.74, 6) is -1.04. The van der Waals surface area contributed by atoms with Crippen LogP contribution in [-0.2, 0) is 23.8 Å². The number of ether oxygens (including phenoxy) is 3. The quantitative estimate of drug-likeness (QED) is 0.569. The Morgan fingerprint density at radius 3 is 2.10 bits per heavy atom. The molecule has 7 heteroatoms. The zero-order valence-electron chi connectivity index (χ0n) is 13.4. The van der Waals surface area contributed by atoms with Gasteiger partial charge in [-0.3, -0.25) is 4.79 Å². The topological polar surface area (TPSA) is 90.9 Å². The van der Waals surface area contributed by atoms with Crippen LogP contribution in [0.1, 0.15) is 47.5 Å². The largest absolute Gasteiger partial charge is 0.466 e. The van der Waals surface area contributed by atoms with E-state index in [9.17, 15) is 14.4 Å². The van der Waals surface area contributed by atoms with E-state index in [0.29, 0.717) is 0 Å². The number of amides is 1. The molecule has 0 saturated carbocycles. The number of nitrogens with one attached hydrogen (secondary N) is 1. The normalized spacial score (nSPS) is 12.2. The van der Waals surface area contributed by atoms with Crippen LogP contribution in [0.4, 0.5) is 4.79 Å². The Morgan fingerprint density at radius 2 is 1.62 bits per heavy atom. The van der Waals surface area contributed by atoms with Crippen molar-refractivity contribution in [3.8, 4) is 0 Å². The lowest BCUT2D eigenvalue weighted by atomic mass is 10.1. The summed E-state index contributed by atoms with van der Waals surface area (Å²) in [6, 6.07) is -0.941. The standard InChI is InChI=1S/C14H25NO6/c1-6-19-11(16)9-8-10(12(17)20-7-2)15-13(18)21-14(3,4)5/h10H,6-9H2,1-5H3,(H,15,18)/t10-/m1/s1. The van der Waals surface area contributed by atoms with Crippen LogP contribution >= 0.6 is 0 Å². The van der Waals surface area contributed by atoms with Crippen molar-refractivity contribution in [2.75, 3.05) is 13.2 Å². The van der Waals surface area contributed by atoms with Crippen LogP contribution in [-0.4, -0.2) is 42.9 Å². The van der Waals surface area contributed by atoms with E-state index < -0.39 is 29.7 Å². The predicted molar refractivity (Wildman–Crippen MR) is 75.7 cm³/mol. The summed E-state index contributed by atoms with van der Waals surface area (Å²) in [6.07, 6.45) is -0.631. The van der Waals surface area contributed by atoms with E-state index in [1.807, 2.05) is 0 Å². The molecule has 0 aliphatic heterocycles. The molecule has 1 amide bonds. The van der Waals surface area contributed by atoms with Crippen LogP contribution in [0, 0.1) is 0 Å². The Morgan fingerprint density at radius 1 is 1.05 bits per heavy atom. The second-order valence-electron chi connectivity index (χ2n) is 5.29. The van der Waals surface area contributed by atoms with Gasteiger partial charge in [-0.25, -0.2) is 9.59 Å². The third-order valence-corrected chi connectivity index (χ3v) is 2.20. The van der Waals surface area contributed by atoms with Crippen LogP contribution in [0.15, 0.2) is 0 Å². The second kappa shape index (κ2) is 9.20. The van der Waals surface area contributed by atoms with Crippen molar-refractivity contribution in [1.29, 1.82) is 0 Å². The third kappa shape index (κ3) is 9.70. The summed E-state index contributed by atoms with van der Waals surface area (Å²) in [7, 11) is 0. The van der Waals surface area contributed by atoms with Crippen molar-refractivity contribution in [3.63, 3.8) is 0 Å². The zero-order chi connectivity index (χ0) is 16.5. The van der Waals surface area contributed by atoms with Crippen molar-refractivity contribution in [2.24, 2.45) is 0 Å². The van der Waals surface area contributed by atoms with E-state index in [0.717, 1.165) is 0 Å². The van der Waals surface area contributed by atoms with Gasteiger partial charge in [0.05, 0.1) is 13.2 Å². The minimum Gasteiger partial charge on any atom is -0.466 e. The maximum atomic E-state index is 11.8. The van der Waals surface area contributed by atoms with Crippen molar-refractivity contribution >= 4 is 18.0 Å². The zero-order valence-corrected chi connectivity index (χ0v) is 13.4. The molecule has 0 heterocycles. The number of carbonyl (C=O) groups excluding carboxylic acids is 3. The lowest BCUT2D eigenvalue weighted by Crippen LogP contribution is -2.44. The van der Waals surface area contributed by atoms with Crippen LogP contribution in [0.2, 0.25) is 0 Å². The third-order valence-electron chi connectivity index (χ3n) is 2.20. The van der Waals surface area contributed by atoms with Gasteiger partial charge in [0.1, 0.15) is 11.6 Å². The highest BCUT2D eigenvalue weighted by Crippen LogP contribution is 2.08. The molecule has 0 saturated heterocycles. The van der Waals surface area contributed by atoms with Crippen LogP contribution in [0.5, 0.6) is 0 Å². The van der Waals surface area contributed by atoms with Crippen LogP contribution in [0.3, 0.4) is 0 Å². The fraction of sp³-hybridized carbons (Fsp3) is 0.786. The maximum Gasteiger partial charge on any atom is 0.408 e. The van der Waals surface area contributed by atoms with Crippen LogP contribution in [0.25, 0.3) is 0 Å². The first-order valence-electron chi connectivity index (χ1n) is 7.01. The Labute approximate surface area is 125 Å². The first-order valence-corrected chi connectivity index (χ1v) is 7.01. The minimum atomic E-state index is -0.941. The van der Waals surface area contributed by atoms with Crippen molar-refractivity contribution in [3.05, 3.63) is 0 Å². The molecular formula is C14H25NO6. The molecule has 0 aliphatic rings. The predicted octanol–water partition coefficient (Wildman–Crippen LogP) is 1.79. The SMILES string of the molecule is CCOC(=O)CC[C@@H](NC(=O)OC(C)(C)C)C(=O)OCC. The first kappa shape index (κ1) is 19.2. The number of rotatable bonds is 7. The number of esters is 2. The lowest BCUT2D eigenvalue weighted by molar-refractivity contribution is -0.147. The van der Waals surface area contributed by atoms with E-state index in [-0.39, 0.29) is 26.1 Å². The average Bonchev–Trinajstić information content (AvgIpc) is 2.32. The number of hydrogen-bond acceptors (Lipinski definition) is 6. The Kier molecular flexibility index (Phi) is 8.42. The Balaban J connectivity index is 4.56. The molecule has 0 fully saturated rings. The molecule has 0 spiro atoms. The van der Waals surface area contributed by atoms with E-state index in [1.165, 1.54) is 0 Å². The average molecular weight is 303 g/mol. The second-order valence-corrected chi connectivity index (χ2v) is 5.29. The fourth-order valence-corrected chi connectivity index (χ4v) is 1.44. The number of alkyl carbamates (subject to hydrolysis) is 1. The van der Waals surface area contributed by atoms with E-state index in [2.05, 4.69) is 5.32 Å². The molecule has 21 heavy (non-hydrogen) atoms. The molecule has 0 aromatic carbocycles. The van der Waals surface area contributed by atoms with Gasteiger partial charge in [0.2, 0.25) is 0 Å². The van der Waals surface area contributed by atoms with Crippen molar-refractivity contribution in [1.82, 2.24) is 5.32 Å². The van der Waals surface area contributed by atoms with Gasteiger partial charge in [0.25, 0.3) is 0 Å². The van der Waals surface area contributed by atoms with Gasteiger partial charge in [0, 0.05) is 6.42 Å². The monoisotopic (exact) mass is 303 g/mol. The smallest absolute Gasteiger partial charge is 0.408 e. The van der Waals surface area contributed by atoms with E-state index in [4.69, 9.17) is 14.2 Å². The van der Waals surface area contributed by atoms with E-state index in [1.54, 1.807) is 34.6 Å². The Hall–Kier alpha value is -1.79. The fourth-order valence-electron chi connectivity index (χ4n) is 1.44. The molecule has 0 bridgehead atoms. The molecule has 0 aromatic rings. The molecule has 0 aromatic heterocycles. The first-order chi connectivity index (χ1) is 9.69. The summed E-state index contributed by atoms with van der Waals surface area (Å²) < 4.78 is 14.7. The van der Waals surface area contributed by atoms with E-state index >= 15 is 0 Å². The highest BCUT2D eigenvalue weighted by molar-refractivity contribution is 5.82. The summed E-state index contributed by atoms with van der Waals surface area (Å²) in [5, 5.41) is 2.41. The molecule has 1 atom stereocenters. The number of hydrogen-bond donors (Lipinski definition) is 1. The summed E-state index contributed by atoms with van der Waals surface area (Å²) in [5.41, 5.74) is -0.676.